The zero-order chi connectivity index (χ0) is 25.0. The van der Waals surface area contributed by atoms with Gasteiger partial charge in [-0.25, -0.2) is 9.97 Å². The molecule has 0 aliphatic carbocycles. The monoisotopic (exact) mass is 512 g/mol. The molecule has 0 bridgehead atoms. The van der Waals surface area contributed by atoms with Gasteiger partial charge in [0.1, 0.15) is 17.0 Å². The third-order valence-corrected chi connectivity index (χ3v) is 7.32. The van der Waals surface area contributed by atoms with Crippen LogP contribution in [0.1, 0.15) is 22.4 Å². The van der Waals surface area contributed by atoms with Gasteiger partial charge in [-0.3, -0.25) is 4.90 Å². The van der Waals surface area contributed by atoms with Crippen LogP contribution >= 0.6 is 11.3 Å². The van der Waals surface area contributed by atoms with Crippen LogP contribution in [0.2, 0.25) is 0 Å². The summed E-state index contributed by atoms with van der Waals surface area (Å²) in [4.78, 5) is 11.7. The van der Waals surface area contributed by atoms with E-state index in [9.17, 15) is 13.2 Å². The average molecular weight is 513 g/mol. The molecule has 1 aliphatic heterocycles. The van der Waals surface area contributed by atoms with Gasteiger partial charge >= 0.3 is 6.18 Å². The summed E-state index contributed by atoms with van der Waals surface area (Å²) in [6.07, 6.45) is -3.13. The predicted octanol–water partition coefficient (Wildman–Crippen LogP) is 6.07. The van der Waals surface area contributed by atoms with Crippen molar-refractivity contribution in [1.82, 2.24) is 14.9 Å². The number of halogens is 3. The van der Waals surface area contributed by atoms with E-state index in [1.54, 1.807) is 6.07 Å². The largest absolute Gasteiger partial charge is 0.393 e. The van der Waals surface area contributed by atoms with Crippen LogP contribution in [0.3, 0.4) is 0 Å². The summed E-state index contributed by atoms with van der Waals surface area (Å²) in [5.74, 6) is 0.555. The van der Waals surface area contributed by atoms with E-state index in [-0.39, 0.29) is 17.0 Å². The van der Waals surface area contributed by atoms with Crippen molar-refractivity contribution in [3.63, 3.8) is 0 Å². The smallest absolute Gasteiger partial charge is 0.370 e. The summed E-state index contributed by atoms with van der Waals surface area (Å²) in [6, 6.07) is 21.9. The fourth-order valence-electron chi connectivity index (χ4n) is 4.56. The first-order valence-corrected chi connectivity index (χ1v) is 12.7. The van der Waals surface area contributed by atoms with Crippen LogP contribution in [0.15, 0.2) is 73.1 Å². The van der Waals surface area contributed by atoms with E-state index < -0.39 is 12.6 Å². The normalized spacial score (nSPS) is 19.0. The third kappa shape index (κ3) is 6.40. The highest BCUT2D eigenvalue weighted by Crippen LogP contribution is 2.33. The topological polar surface area (TPSA) is 50.3 Å². The van der Waals surface area contributed by atoms with Crippen molar-refractivity contribution < 1.29 is 17.9 Å². The number of ether oxygens (including phenoxy) is 1. The van der Waals surface area contributed by atoms with Gasteiger partial charge < -0.3 is 10.1 Å². The van der Waals surface area contributed by atoms with Gasteiger partial charge in [0.25, 0.3) is 0 Å². The van der Waals surface area contributed by atoms with E-state index in [2.05, 4.69) is 32.3 Å². The zero-order valence-electron chi connectivity index (χ0n) is 19.6. The number of nitrogens with zero attached hydrogens (tertiary/aromatic N) is 3. The van der Waals surface area contributed by atoms with E-state index in [1.165, 1.54) is 11.9 Å². The molecule has 36 heavy (non-hydrogen) atoms. The zero-order valence-corrected chi connectivity index (χ0v) is 20.4. The number of benzene rings is 2. The Morgan fingerprint density at radius 2 is 1.72 bits per heavy atom. The van der Waals surface area contributed by atoms with E-state index >= 15 is 0 Å². The van der Waals surface area contributed by atoms with Crippen LogP contribution in [-0.2, 0) is 24.3 Å². The molecule has 0 spiro atoms. The minimum Gasteiger partial charge on any atom is -0.370 e. The number of nitrogens with one attached hydrogen (secondary N) is 1. The molecule has 5 rings (SSSR count). The van der Waals surface area contributed by atoms with Crippen LogP contribution in [0.25, 0.3) is 10.2 Å². The molecule has 188 valence electrons. The number of fused-ring (bicyclic) bond motifs is 1. The Balaban J connectivity index is 1.34. The van der Waals surface area contributed by atoms with Crippen LogP contribution in [0.4, 0.5) is 19.0 Å². The Morgan fingerprint density at radius 1 is 1.00 bits per heavy atom. The number of piperidine rings is 1. The molecular weight excluding hydrogens is 485 g/mol. The number of likely N-dealkylation sites (tertiary alicyclic amines) is 1. The molecule has 1 aliphatic rings. The standard InChI is InChI=1S/C27H27F3N4OS/c28-27(29,30)14-21-13-22-25(31-18-32-26(22)36-21)33-23-11-12-34(15-19-7-3-1-4-8-19)16-24(23)35-17-20-9-5-2-6-10-20/h1-10,13,18,23-24H,11-12,14-17H2,(H,31,32,33)/t23-,24+/m1/s1. The Hall–Kier alpha value is -3.01. The lowest BCUT2D eigenvalue weighted by Crippen LogP contribution is -2.50. The maximum absolute atomic E-state index is 12.9. The van der Waals surface area contributed by atoms with Crippen LogP contribution < -0.4 is 5.32 Å². The first-order chi connectivity index (χ1) is 17.4. The number of aromatic nitrogens is 2. The second kappa shape index (κ2) is 10.9. The second-order valence-corrected chi connectivity index (χ2v) is 10.2. The van der Waals surface area contributed by atoms with Crippen LogP contribution in [0.5, 0.6) is 0 Å². The van der Waals surface area contributed by atoms with Gasteiger partial charge in [0.05, 0.1) is 30.6 Å². The highest BCUT2D eigenvalue weighted by molar-refractivity contribution is 7.18. The van der Waals surface area contributed by atoms with E-state index in [4.69, 9.17) is 4.74 Å². The van der Waals surface area contributed by atoms with Gasteiger partial charge in [-0.05, 0) is 23.6 Å². The molecule has 3 heterocycles. The molecule has 2 aromatic heterocycles. The van der Waals surface area contributed by atoms with Crippen molar-refractivity contribution >= 4 is 27.4 Å². The number of rotatable bonds is 8. The first-order valence-electron chi connectivity index (χ1n) is 11.9. The molecule has 1 N–H and O–H groups in total. The molecule has 0 amide bonds. The summed E-state index contributed by atoms with van der Waals surface area (Å²) >= 11 is 1.06. The fraction of sp³-hybridized carbons (Fsp3) is 0.333. The van der Waals surface area contributed by atoms with E-state index in [1.807, 2.05) is 48.5 Å². The van der Waals surface area contributed by atoms with Gasteiger partial charge in [0, 0.05) is 24.5 Å². The number of hydrogen-bond acceptors (Lipinski definition) is 6. The number of thiophene rings is 1. The van der Waals surface area contributed by atoms with Gasteiger partial charge in [-0.1, -0.05) is 60.7 Å². The molecular formula is C27H27F3N4OS. The van der Waals surface area contributed by atoms with Crippen molar-refractivity contribution in [2.24, 2.45) is 0 Å². The fourth-order valence-corrected chi connectivity index (χ4v) is 5.58. The van der Waals surface area contributed by atoms with Crippen LogP contribution in [-0.4, -0.2) is 46.3 Å². The van der Waals surface area contributed by atoms with E-state index in [0.717, 1.165) is 43.0 Å². The third-order valence-electron chi connectivity index (χ3n) is 6.28. The molecule has 1 saturated heterocycles. The molecule has 1 fully saturated rings. The highest BCUT2D eigenvalue weighted by Gasteiger charge is 2.32. The molecule has 2 aromatic carbocycles. The highest BCUT2D eigenvalue weighted by atomic mass is 32.1. The van der Waals surface area contributed by atoms with Crippen molar-refractivity contribution in [3.8, 4) is 0 Å². The summed E-state index contributed by atoms with van der Waals surface area (Å²) in [7, 11) is 0. The number of hydrogen-bond donors (Lipinski definition) is 1. The molecule has 5 nitrogen and oxygen atoms in total. The summed E-state index contributed by atoms with van der Waals surface area (Å²) < 4.78 is 45.2. The quantitative estimate of drug-likeness (QED) is 0.311. The molecule has 2 atom stereocenters. The summed E-state index contributed by atoms with van der Waals surface area (Å²) in [5.41, 5.74) is 2.34. The lowest BCUT2D eigenvalue weighted by molar-refractivity contribution is -0.126. The van der Waals surface area contributed by atoms with Gasteiger partial charge in [0.15, 0.2) is 0 Å². The summed E-state index contributed by atoms with van der Waals surface area (Å²) in [6.45, 7) is 2.92. The van der Waals surface area contributed by atoms with E-state index in [0.29, 0.717) is 22.6 Å². The second-order valence-electron chi connectivity index (χ2n) is 9.04. The molecule has 9 heteroatoms. The number of alkyl halides is 3. The van der Waals surface area contributed by atoms with Gasteiger partial charge in [0.2, 0.25) is 0 Å². The summed E-state index contributed by atoms with van der Waals surface area (Å²) in [5, 5.41) is 4.11. The Kier molecular flexibility index (Phi) is 7.50. The van der Waals surface area contributed by atoms with Gasteiger partial charge in [-0.15, -0.1) is 11.3 Å². The average Bonchev–Trinajstić information content (AvgIpc) is 3.27. The maximum Gasteiger partial charge on any atom is 0.393 e. The lowest BCUT2D eigenvalue weighted by Gasteiger charge is -2.39. The SMILES string of the molecule is FC(F)(F)Cc1cc2c(N[C@@H]3CCN(Cc4ccccc4)C[C@@H]3OCc3ccccc3)ncnc2s1. The minimum atomic E-state index is -4.26. The van der Waals surface area contributed by atoms with Gasteiger partial charge in [-0.2, -0.15) is 13.2 Å². The van der Waals surface area contributed by atoms with Crippen LogP contribution in [0, 0.1) is 0 Å². The van der Waals surface area contributed by atoms with Crippen molar-refractivity contribution in [1.29, 1.82) is 0 Å². The molecule has 0 saturated carbocycles. The molecule has 0 radical (unpaired) electrons. The maximum atomic E-state index is 12.9. The van der Waals surface area contributed by atoms with Crippen molar-refractivity contribution in [2.45, 2.75) is 44.3 Å². The molecule has 0 unspecified atom stereocenters. The first kappa shape index (κ1) is 24.7. The number of anilines is 1. The Morgan fingerprint density at radius 3 is 2.44 bits per heavy atom. The Bertz CT molecular complexity index is 1270. The van der Waals surface area contributed by atoms with Crippen molar-refractivity contribution in [2.75, 3.05) is 18.4 Å². The Labute approximate surface area is 212 Å². The predicted molar refractivity (Wildman–Crippen MR) is 136 cm³/mol. The lowest BCUT2D eigenvalue weighted by atomic mass is 10.0. The van der Waals surface area contributed by atoms with Crippen molar-refractivity contribution in [3.05, 3.63) is 89.1 Å². The molecule has 4 aromatic rings. The minimum absolute atomic E-state index is 0.0372.